The van der Waals surface area contributed by atoms with Crippen LogP contribution in [0.25, 0.3) is 5.69 Å². The molecule has 0 saturated heterocycles. The Morgan fingerprint density at radius 2 is 1.93 bits per heavy atom. The topological polar surface area (TPSA) is 63.1 Å². The normalized spacial score (nSPS) is 12.2. The van der Waals surface area contributed by atoms with E-state index in [1.54, 1.807) is 11.0 Å². The summed E-state index contributed by atoms with van der Waals surface area (Å²) >= 11 is 0. The number of hydrogen-bond donors (Lipinski definition) is 1. The molecule has 0 aliphatic rings. The SMILES string of the molecule is Cc1ccc(C)c(NC(=O)CN(C)[C@H](C)c2ccc(-n3cncn3)cc2)c1. The van der Waals surface area contributed by atoms with Crippen molar-refractivity contribution in [3.63, 3.8) is 0 Å². The number of anilines is 1. The van der Waals surface area contributed by atoms with Crippen molar-refractivity contribution < 1.29 is 4.79 Å². The molecular formula is C21H25N5O. The smallest absolute Gasteiger partial charge is 0.238 e. The largest absolute Gasteiger partial charge is 0.325 e. The van der Waals surface area contributed by atoms with Crippen LogP contribution in [0.15, 0.2) is 55.1 Å². The zero-order valence-electron chi connectivity index (χ0n) is 16.2. The number of carbonyl (C=O) groups is 1. The van der Waals surface area contributed by atoms with Crippen molar-refractivity contribution in [2.24, 2.45) is 0 Å². The Labute approximate surface area is 159 Å². The lowest BCUT2D eigenvalue weighted by molar-refractivity contribution is -0.117. The first-order chi connectivity index (χ1) is 12.9. The standard InChI is InChI=1S/C21H25N5O/c1-15-5-6-16(2)20(11-15)24-21(27)12-25(4)17(3)18-7-9-19(10-8-18)26-14-22-13-23-26/h5-11,13-14,17H,12H2,1-4H3,(H,24,27)/t17-/m1/s1. The summed E-state index contributed by atoms with van der Waals surface area (Å²) in [4.78, 5) is 18.5. The van der Waals surface area contributed by atoms with Gasteiger partial charge in [0.1, 0.15) is 12.7 Å². The molecule has 0 fully saturated rings. The quantitative estimate of drug-likeness (QED) is 0.728. The van der Waals surface area contributed by atoms with Gasteiger partial charge in [0.05, 0.1) is 12.2 Å². The van der Waals surface area contributed by atoms with Gasteiger partial charge in [-0.2, -0.15) is 5.10 Å². The van der Waals surface area contributed by atoms with Crippen LogP contribution < -0.4 is 5.32 Å². The molecule has 2 aromatic carbocycles. The molecule has 1 amide bonds. The Bertz CT molecular complexity index is 903. The first kappa shape index (κ1) is 18.8. The molecule has 1 aromatic heterocycles. The number of amides is 1. The Balaban J connectivity index is 1.62. The molecule has 0 aliphatic heterocycles. The summed E-state index contributed by atoms with van der Waals surface area (Å²) in [6.45, 7) is 6.43. The van der Waals surface area contributed by atoms with Gasteiger partial charge in [-0.1, -0.05) is 24.3 Å². The molecule has 6 nitrogen and oxygen atoms in total. The number of rotatable bonds is 6. The van der Waals surface area contributed by atoms with Crippen molar-refractivity contribution in [2.75, 3.05) is 18.9 Å². The molecule has 140 valence electrons. The van der Waals surface area contributed by atoms with Crippen LogP contribution in [-0.2, 0) is 4.79 Å². The van der Waals surface area contributed by atoms with E-state index >= 15 is 0 Å². The number of likely N-dealkylation sites (N-methyl/N-ethyl adjacent to an activating group) is 1. The fourth-order valence-corrected chi connectivity index (χ4v) is 2.93. The average molecular weight is 363 g/mol. The number of hydrogen-bond acceptors (Lipinski definition) is 4. The molecule has 0 unspecified atom stereocenters. The number of aromatic nitrogens is 3. The lowest BCUT2D eigenvalue weighted by Crippen LogP contribution is -2.32. The number of nitrogens with one attached hydrogen (secondary N) is 1. The molecule has 27 heavy (non-hydrogen) atoms. The van der Waals surface area contributed by atoms with Crippen LogP contribution in [-0.4, -0.2) is 39.2 Å². The average Bonchev–Trinajstić information content (AvgIpc) is 3.19. The molecule has 0 aliphatic carbocycles. The highest BCUT2D eigenvalue weighted by molar-refractivity contribution is 5.93. The van der Waals surface area contributed by atoms with Crippen LogP contribution in [0.1, 0.15) is 29.7 Å². The molecule has 0 bridgehead atoms. The van der Waals surface area contributed by atoms with E-state index in [1.165, 1.54) is 6.33 Å². The Kier molecular flexibility index (Phi) is 5.66. The minimum Gasteiger partial charge on any atom is -0.325 e. The molecule has 0 spiro atoms. The van der Waals surface area contributed by atoms with Crippen LogP contribution in [0.4, 0.5) is 5.69 Å². The molecule has 1 N–H and O–H groups in total. The summed E-state index contributed by atoms with van der Waals surface area (Å²) in [6.07, 6.45) is 3.18. The number of aryl methyl sites for hydroxylation is 2. The highest BCUT2D eigenvalue weighted by atomic mass is 16.2. The minimum absolute atomic E-state index is 0.0164. The highest BCUT2D eigenvalue weighted by Crippen LogP contribution is 2.21. The summed E-state index contributed by atoms with van der Waals surface area (Å²) in [6, 6.07) is 14.3. The van der Waals surface area contributed by atoms with Crippen molar-refractivity contribution >= 4 is 11.6 Å². The summed E-state index contributed by atoms with van der Waals surface area (Å²) < 4.78 is 1.72. The monoisotopic (exact) mass is 363 g/mol. The molecule has 1 atom stereocenters. The van der Waals surface area contributed by atoms with Crippen molar-refractivity contribution in [1.29, 1.82) is 0 Å². The van der Waals surface area contributed by atoms with Crippen molar-refractivity contribution in [3.05, 3.63) is 71.8 Å². The van der Waals surface area contributed by atoms with Crippen LogP contribution in [0.2, 0.25) is 0 Å². The second-order valence-corrected chi connectivity index (χ2v) is 6.89. The maximum Gasteiger partial charge on any atom is 0.238 e. The molecule has 0 saturated carbocycles. The van der Waals surface area contributed by atoms with Gasteiger partial charge in [-0.3, -0.25) is 9.69 Å². The third kappa shape index (κ3) is 4.60. The fourth-order valence-electron chi connectivity index (χ4n) is 2.93. The minimum atomic E-state index is -0.0164. The van der Waals surface area contributed by atoms with Gasteiger partial charge in [-0.25, -0.2) is 9.67 Å². The first-order valence-corrected chi connectivity index (χ1v) is 8.96. The van der Waals surface area contributed by atoms with Gasteiger partial charge in [0, 0.05) is 11.7 Å². The van der Waals surface area contributed by atoms with E-state index in [0.717, 1.165) is 28.1 Å². The van der Waals surface area contributed by atoms with E-state index in [-0.39, 0.29) is 11.9 Å². The summed E-state index contributed by atoms with van der Waals surface area (Å²) in [5.41, 5.74) is 5.16. The van der Waals surface area contributed by atoms with Crippen LogP contribution in [0.3, 0.4) is 0 Å². The first-order valence-electron chi connectivity index (χ1n) is 8.96. The van der Waals surface area contributed by atoms with E-state index in [0.29, 0.717) is 6.54 Å². The second kappa shape index (κ2) is 8.14. The molecule has 0 radical (unpaired) electrons. The van der Waals surface area contributed by atoms with Gasteiger partial charge in [0.2, 0.25) is 5.91 Å². The van der Waals surface area contributed by atoms with Crippen molar-refractivity contribution in [2.45, 2.75) is 26.8 Å². The summed E-state index contributed by atoms with van der Waals surface area (Å²) in [7, 11) is 1.96. The Morgan fingerprint density at radius 3 is 2.59 bits per heavy atom. The molecular weight excluding hydrogens is 338 g/mol. The summed E-state index contributed by atoms with van der Waals surface area (Å²) in [5, 5.41) is 7.15. The molecule has 3 aromatic rings. The zero-order chi connectivity index (χ0) is 19.4. The number of nitrogens with zero attached hydrogens (tertiary/aromatic N) is 4. The summed E-state index contributed by atoms with van der Waals surface area (Å²) in [5.74, 6) is -0.0164. The van der Waals surface area contributed by atoms with Gasteiger partial charge in [0.15, 0.2) is 0 Å². The maximum atomic E-state index is 12.5. The number of carbonyl (C=O) groups excluding carboxylic acids is 1. The van der Waals surface area contributed by atoms with Gasteiger partial charge in [-0.05, 0) is 62.7 Å². The van der Waals surface area contributed by atoms with E-state index in [4.69, 9.17) is 0 Å². The zero-order valence-corrected chi connectivity index (χ0v) is 16.2. The lowest BCUT2D eigenvalue weighted by Gasteiger charge is -2.25. The molecule has 6 heteroatoms. The molecule has 1 heterocycles. The van der Waals surface area contributed by atoms with Crippen molar-refractivity contribution in [3.8, 4) is 5.69 Å². The van der Waals surface area contributed by atoms with E-state index < -0.39 is 0 Å². The predicted molar refractivity (Wildman–Crippen MR) is 107 cm³/mol. The second-order valence-electron chi connectivity index (χ2n) is 6.89. The van der Waals surface area contributed by atoms with Gasteiger partial charge < -0.3 is 5.32 Å². The van der Waals surface area contributed by atoms with Gasteiger partial charge in [0.25, 0.3) is 0 Å². The Hall–Kier alpha value is -2.99. The highest BCUT2D eigenvalue weighted by Gasteiger charge is 2.16. The van der Waals surface area contributed by atoms with Crippen LogP contribution in [0, 0.1) is 13.8 Å². The lowest BCUT2D eigenvalue weighted by atomic mass is 10.1. The van der Waals surface area contributed by atoms with Crippen molar-refractivity contribution in [1.82, 2.24) is 19.7 Å². The van der Waals surface area contributed by atoms with Crippen LogP contribution in [0.5, 0.6) is 0 Å². The van der Waals surface area contributed by atoms with E-state index in [2.05, 4.69) is 34.5 Å². The number of benzene rings is 2. The van der Waals surface area contributed by atoms with E-state index in [1.807, 2.05) is 56.1 Å². The maximum absolute atomic E-state index is 12.5. The van der Waals surface area contributed by atoms with Crippen LogP contribution >= 0.6 is 0 Å². The third-order valence-corrected chi connectivity index (χ3v) is 4.78. The predicted octanol–water partition coefficient (Wildman–Crippen LogP) is 3.52. The molecule has 3 rings (SSSR count). The Morgan fingerprint density at radius 1 is 1.19 bits per heavy atom. The fraction of sp³-hybridized carbons (Fsp3) is 0.286. The van der Waals surface area contributed by atoms with E-state index in [9.17, 15) is 4.79 Å². The van der Waals surface area contributed by atoms with Gasteiger partial charge >= 0.3 is 0 Å². The third-order valence-electron chi connectivity index (χ3n) is 4.78. The van der Waals surface area contributed by atoms with Gasteiger partial charge in [-0.15, -0.1) is 0 Å².